The van der Waals surface area contributed by atoms with E-state index in [0.717, 1.165) is 34.4 Å². The van der Waals surface area contributed by atoms with E-state index in [4.69, 9.17) is 13.9 Å². The third-order valence-corrected chi connectivity index (χ3v) is 6.28. The zero-order valence-electron chi connectivity index (χ0n) is 22.3. The highest BCUT2D eigenvalue weighted by Crippen LogP contribution is 2.42. The minimum absolute atomic E-state index is 0.256. The molecule has 0 fully saturated rings. The lowest BCUT2D eigenvalue weighted by atomic mass is 9.99. The van der Waals surface area contributed by atoms with Crippen molar-refractivity contribution < 1.29 is 18.7 Å². The van der Waals surface area contributed by atoms with Gasteiger partial charge in [0.2, 0.25) is 5.71 Å². The second-order valence-electron chi connectivity index (χ2n) is 9.45. The number of nitrogens with one attached hydrogen (secondary N) is 2. The van der Waals surface area contributed by atoms with Crippen molar-refractivity contribution in [3.05, 3.63) is 84.7 Å². The minimum Gasteiger partial charge on any atom is -0.493 e. The number of hydrogen-bond donors (Lipinski definition) is 2. The van der Waals surface area contributed by atoms with Crippen molar-refractivity contribution in [2.24, 2.45) is 5.92 Å². The lowest BCUT2D eigenvalue weighted by Crippen LogP contribution is -2.12. The van der Waals surface area contributed by atoms with Gasteiger partial charge in [0.25, 0.3) is 5.91 Å². The summed E-state index contributed by atoms with van der Waals surface area (Å²) in [5.41, 5.74) is 4.39. The van der Waals surface area contributed by atoms with Crippen molar-refractivity contribution in [1.82, 2.24) is 9.97 Å². The highest BCUT2D eigenvalue weighted by molar-refractivity contribution is 6.07. The molecule has 0 radical (unpaired) electrons. The molecule has 0 aliphatic heterocycles. The number of carbonyl (C=O) groups excluding carboxylic acids is 1. The molecular weight excluding hydrogens is 492 g/mol. The van der Waals surface area contributed by atoms with Gasteiger partial charge in [0, 0.05) is 28.9 Å². The maximum atomic E-state index is 12.9. The Hall–Kier alpha value is -4.85. The summed E-state index contributed by atoms with van der Waals surface area (Å²) in [6.45, 7) is 5.07. The SMILES string of the molecule is COc1ccc(C(=O)Nc2ccc(-c3oc4ncnc(NCC(C)C)c4c3-c3ccccc3)cc2)cc1OC. The summed E-state index contributed by atoms with van der Waals surface area (Å²) in [7, 11) is 3.09. The highest BCUT2D eigenvalue weighted by atomic mass is 16.5. The Balaban J connectivity index is 1.49. The van der Waals surface area contributed by atoms with E-state index in [1.54, 1.807) is 25.3 Å². The second kappa shape index (κ2) is 11.3. The van der Waals surface area contributed by atoms with Gasteiger partial charge in [-0.3, -0.25) is 4.79 Å². The fourth-order valence-electron chi connectivity index (χ4n) is 4.34. The average Bonchev–Trinajstić information content (AvgIpc) is 3.36. The number of benzene rings is 3. The first-order valence-electron chi connectivity index (χ1n) is 12.7. The molecule has 198 valence electrons. The van der Waals surface area contributed by atoms with E-state index in [0.29, 0.717) is 40.1 Å². The summed E-state index contributed by atoms with van der Waals surface area (Å²) >= 11 is 0. The van der Waals surface area contributed by atoms with Crippen LogP contribution in [-0.2, 0) is 0 Å². The van der Waals surface area contributed by atoms with Gasteiger partial charge in [0.1, 0.15) is 17.9 Å². The first-order chi connectivity index (χ1) is 19.0. The summed E-state index contributed by atoms with van der Waals surface area (Å²) in [4.78, 5) is 21.8. The zero-order chi connectivity index (χ0) is 27.4. The van der Waals surface area contributed by atoms with Crippen molar-refractivity contribution in [2.75, 3.05) is 31.4 Å². The summed E-state index contributed by atoms with van der Waals surface area (Å²) in [6, 6.07) is 22.6. The fraction of sp³-hybridized carbons (Fsp3) is 0.194. The molecule has 0 atom stereocenters. The number of methoxy groups -OCH3 is 2. The molecule has 0 aliphatic carbocycles. The van der Waals surface area contributed by atoms with E-state index in [-0.39, 0.29) is 5.91 Å². The molecule has 2 N–H and O–H groups in total. The van der Waals surface area contributed by atoms with Crippen molar-refractivity contribution in [3.63, 3.8) is 0 Å². The second-order valence-corrected chi connectivity index (χ2v) is 9.45. The Kier molecular flexibility index (Phi) is 7.45. The number of carbonyl (C=O) groups is 1. The Bertz CT molecular complexity index is 1600. The Morgan fingerprint density at radius 2 is 1.64 bits per heavy atom. The predicted molar refractivity (Wildman–Crippen MR) is 154 cm³/mol. The van der Waals surface area contributed by atoms with Gasteiger partial charge in [-0.25, -0.2) is 9.97 Å². The number of amides is 1. The molecule has 0 spiro atoms. The maximum absolute atomic E-state index is 12.9. The fourth-order valence-corrected chi connectivity index (χ4v) is 4.34. The van der Waals surface area contributed by atoms with Crippen molar-refractivity contribution in [2.45, 2.75) is 13.8 Å². The number of anilines is 2. The topological polar surface area (TPSA) is 98.5 Å². The van der Waals surface area contributed by atoms with Gasteiger partial charge in [-0.05, 0) is 53.9 Å². The van der Waals surface area contributed by atoms with Crippen LogP contribution >= 0.6 is 0 Å². The van der Waals surface area contributed by atoms with Crippen LogP contribution in [-0.4, -0.2) is 36.6 Å². The Labute approximate surface area is 227 Å². The molecule has 0 bridgehead atoms. The van der Waals surface area contributed by atoms with Gasteiger partial charge in [-0.1, -0.05) is 44.2 Å². The number of rotatable bonds is 9. The summed E-state index contributed by atoms with van der Waals surface area (Å²) < 4.78 is 16.9. The third-order valence-electron chi connectivity index (χ3n) is 6.28. The van der Waals surface area contributed by atoms with Gasteiger partial charge in [-0.15, -0.1) is 0 Å². The van der Waals surface area contributed by atoms with Crippen LogP contribution in [0, 0.1) is 5.92 Å². The van der Waals surface area contributed by atoms with Crippen LogP contribution in [0.4, 0.5) is 11.5 Å². The third kappa shape index (κ3) is 5.40. The Morgan fingerprint density at radius 1 is 0.897 bits per heavy atom. The van der Waals surface area contributed by atoms with Crippen LogP contribution in [0.25, 0.3) is 33.6 Å². The number of ether oxygens (including phenoxy) is 2. The minimum atomic E-state index is -0.256. The van der Waals surface area contributed by atoms with Crippen LogP contribution < -0.4 is 20.1 Å². The van der Waals surface area contributed by atoms with E-state index in [9.17, 15) is 4.79 Å². The molecular formula is C31H30N4O4. The van der Waals surface area contributed by atoms with Crippen molar-refractivity contribution in [3.8, 4) is 33.9 Å². The number of fused-ring (bicyclic) bond motifs is 1. The first kappa shape index (κ1) is 25.8. The molecule has 8 nitrogen and oxygen atoms in total. The molecule has 5 aromatic rings. The molecule has 8 heteroatoms. The molecule has 1 amide bonds. The van der Waals surface area contributed by atoms with Gasteiger partial charge < -0.3 is 24.5 Å². The molecule has 5 rings (SSSR count). The summed E-state index contributed by atoms with van der Waals surface area (Å²) in [5, 5.41) is 7.22. The van der Waals surface area contributed by atoms with Crippen LogP contribution in [0.2, 0.25) is 0 Å². The smallest absolute Gasteiger partial charge is 0.255 e. The molecule has 0 aliphatic rings. The zero-order valence-corrected chi connectivity index (χ0v) is 22.3. The van der Waals surface area contributed by atoms with E-state index >= 15 is 0 Å². The normalized spacial score (nSPS) is 11.0. The number of nitrogens with zero attached hydrogens (tertiary/aromatic N) is 2. The van der Waals surface area contributed by atoms with Crippen LogP contribution in [0.3, 0.4) is 0 Å². The van der Waals surface area contributed by atoms with Crippen molar-refractivity contribution >= 4 is 28.5 Å². The largest absolute Gasteiger partial charge is 0.493 e. The summed E-state index contributed by atoms with van der Waals surface area (Å²) in [6.07, 6.45) is 1.51. The summed E-state index contributed by atoms with van der Waals surface area (Å²) in [5.74, 6) is 2.66. The van der Waals surface area contributed by atoms with Gasteiger partial charge >= 0.3 is 0 Å². The number of furan rings is 1. The van der Waals surface area contributed by atoms with E-state index in [1.165, 1.54) is 13.4 Å². The predicted octanol–water partition coefficient (Wildman–Crippen LogP) is 6.89. The van der Waals surface area contributed by atoms with E-state index < -0.39 is 0 Å². The molecule has 2 heterocycles. The van der Waals surface area contributed by atoms with E-state index in [2.05, 4.69) is 34.4 Å². The molecule has 0 unspecified atom stereocenters. The number of hydrogen-bond acceptors (Lipinski definition) is 7. The van der Waals surface area contributed by atoms with Crippen LogP contribution in [0.5, 0.6) is 11.5 Å². The standard InChI is InChI=1S/C31H30N4O4/c1-19(2)17-32-29-27-26(20-8-6-5-7-9-20)28(39-31(27)34-18-33-29)21-10-13-23(14-11-21)35-30(36)22-12-15-24(37-3)25(16-22)38-4/h5-16,18-19H,17H2,1-4H3,(H,35,36)(H,32,33,34). The first-order valence-corrected chi connectivity index (χ1v) is 12.7. The van der Waals surface area contributed by atoms with Gasteiger partial charge in [0.15, 0.2) is 11.5 Å². The molecule has 3 aromatic carbocycles. The highest BCUT2D eigenvalue weighted by Gasteiger charge is 2.22. The van der Waals surface area contributed by atoms with Gasteiger partial charge in [-0.2, -0.15) is 0 Å². The number of aromatic nitrogens is 2. The van der Waals surface area contributed by atoms with Crippen molar-refractivity contribution in [1.29, 1.82) is 0 Å². The maximum Gasteiger partial charge on any atom is 0.255 e. The van der Waals surface area contributed by atoms with E-state index in [1.807, 2.05) is 54.6 Å². The molecule has 0 saturated heterocycles. The van der Waals surface area contributed by atoms with Crippen LogP contribution in [0.1, 0.15) is 24.2 Å². The monoisotopic (exact) mass is 522 g/mol. The molecule has 2 aromatic heterocycles. The quantitative estimate of drug-likeness (QED) is 0.217. The Morgan fingerprint density at radius 3 is 2.33 bits per heavy atom. The van der Waals surface area contributed by atoms with Crippen LogP contribution in [0.15, 0.2) is 83.5 Å². The molecule has 0 saturated carbocycles. The molecule has 39 heavy (non-hydrogen) atoms. The lowest BCUT2D eigenvalue weighted by molar-refractivity contribution is 0.102. The average molecular weight is 523 g/mol. The van der Waals surface area contributed by atoms with Gasteiger partial charge in [0.05, 0.1) is 19.6 Å². The lowest BCUT2D eigenvalue weighted by Gasteiger charge is -2.11.